The molecule has 40 heavy (non-hydrogen) atoms. The lowest BCUT2D eigenvalue weighted by molar-refractivity contribution is -0.134. The molecule has 208 valence electrons. The number of carboxylic acid groups (broad SMARTS) is 1. The first-order chi connectivity index (χ1) is 18.9. The van der Waals surface area contributed by atoms with Gasteiger partial charge in [0.1, 0.15) is 24.1 Å². The van der Waals surface area contributed by atoms with E-state index in [2.05, 4.69) is 26.2 Å². The molecule has 0 bridgehead atoms. The number of rotatable bonds is 10. The monoisotopic (exact) mass is 625 g/mol. The third-order valence-corrected chi connectivity index (χ3v) is 6.87. The summed E-state index contributed by atoms with van der Waals surface area (Å²) in [7, 11) is 0. The second-order valence-corrected chi connectivity index (χ2v) is 11.7. The topological polar surface area (TPSA) is 112 Å². The summed E-state index contributed by atoms with van der Waals surface area (Å²) in [6, 6.07) is 18.6. The number of ether oxygens (including phenoxy) is 1. The number of aromatic amines is 1. The average Bonchev–Trinajstić information content (AvgIpc) is 3.26. The van der Waals surface area contributed by atoms with Crippen LogP contribution in [-0.4, -0.2) is 38.8 Å². The van der Waals surface area contributed by atoms with E-state index in [0.717, 1.165) is 15.6 Å². The number of carbonyl (C=O) groups excluding carboxylic acids is 2. The molecule has 3 aromatic carbocycles. The lowest BCUT2D eigenvalue weighted by Gasteiger charge is -2.31. The van der Waals surface area contributed by atoms with E-state index in [1.54, 1.807) is 42.5 Å². The molecule has 1 atom stereocenters. The molecule has 0 saturated carbocycles. The minimum Gasteiger partial charge on any atom is -0.489 e. The molecule has 1 heterocycles. The number of fused-ring (bicyclic) bond motifs is 1. The van der Waals surface area contributed by atoms with Crippen LogP contribution in [0.5, 0.6) is 5.75 Å². The second-order valence-electron chi connectivity index (χ2n) is 10.4. The molecular formula is C30H29BrClN3O5. The highest BCUT2D eigenvalue weighted by molar-refractivity contribution is 9.10. The number of nitrogens with one attached hydrogen (secondary N) is 2. The van der Waals surface area contributed by atoms with E-state index in [4.69, 9.17) is 16.3 Å². The van der Waals surface area contributed by atoms with E-state index in [9.17, 15) is 19.5 Å². The zero-order chi connectivity index (χ0) is 29.0. The first-order valence-electron chi connectivity index (χ1n) is 12.5. The van der Waals surface area contributed by atoms with Gasteiger partial charge in [0.2, 0.25) is 12.3 Å². The summed E-state index contributed by atoms with van der Waals surface area (Å²) in [5, 5.41) is 13.8. The Labute approximate surface area is 245 Å². The summed E-state index contributed by atoms with van der Waals surface area (Å²) in [5.74, 6) is -1.12. The van der Waals surface area contributed by atoms with E-state index < -0.39 is 23.5 Å². The molecule has 1 aromatic heterocycles. The Kier molecular flexibility index (Phi) is 8.85. The van der Waals surface area contributed by atoms with Gasteiger partial charge in [-0.25, -0.2) is 4.79 Å². The van der Waals surface area contributed by atoms with Crippen molar-refractivity contribution in [3.63, 3.8) is 0 Å². The Morgan fingerprint density at radius 1 is 1.07 bits per heavy atom. The molecule has 0 saturated heterocycles. The van der Waals surface area contributed by atoms with Crippen molar-refractivity contribution in [2.75, 3.05) is 0 Å². The van der Waals surface area contributed by atoms with Gasteiger partial charge in [-0.2, -0.15) is 0 Å². The highest BCUT2D eigenvalue weighted by atomic mass is 79.9. The van der Waals surface area contributed by atoms with E-state index in [-0.39, 0.29) is 17.8 Å². The van der Waals surface area contributed by atoms with Crippen molar-refractivity contribution >= 4 is 56.7 Å². The fraction of sp³-hybridized carbons (Fsp3) is 0.233. The molecule has 4 rings (SSSR count). The van der Waals surface area contributed by atoms with Gasteiger partial charge in [0, 0.05) is 38.0 Å². The van der Waals surface area contributed by atoms with E-state index in [1.165, 1.54) is 4.90 Å². The highest BCUT2D eigenvalue weighted by Gasteiger charge is 2.35. The van der Waals surface area contributed by atoms with Crippen molar-refractivity contribution in [1.82, 2.24) is 15.2 Å². The van der Waals surface area contributed by atoms with Crippen LogP contribution in [0.2, 0.25) is 5.02 Å². The van der Waals surface area contributed by atoms with E-state index in [1.807, 2.05) is 45.0 Å². The second kappa shape index (κ2) is 12.1. The number of H-pyrrole nitrogens is 1. The summed E-state index contributed by atoms with van der Waals surface area (Å²) in [4.78, 5) is 42.5. The predicted octanol–water partition coefficient (Wildman–Crippen LogP) is 6.48. The molecule has 3 N–H and O–H groups in total. The van der Waals surface area contributed by atoms with Gasteiger partial charge in [0.05, 0.1) is 0 Å². The van der Waals surface area contributed by atoms with Gasteiger partial charge < -0.3 is 25.0 Å². The maximum atomic E-state index is 13.7. The fourth-order valence-electron chi connectivity index (χ4n) is 4.37. The number of halogens is 2. The van der Waals surface area contributed by atoms with Crippen LogP contribution >= 0.6 is 27.5 Å². The Bertz CT molecular complexity index is 1530. The highest BCUT2D eigenvalue weighted by Crippen LogP contribution is 2.34. The smallest absolute Gasteiger partial charge is 0.352 e. The molecule has 0 fully saturated rings. The van der Waals surface area contributed by atoms with Crippen LogP contribution in [0, 0.1) is 0 Å². The molecule has 0 spiro atoms. The Morgan fingerprint density at radius 2 is 1.73 bits per heavy atom. The fourth-order valence-corrected chi connectivity index (χ4v) is 4.80. The number of carboxylic acids is 1. The van der Waals surface area contributed by atoms with Gasteiger partial charge in [-0.05, 0) is 68.3 Å². The first-order valence-corrected chi connectivity index (χ1v) is 13.7. The Morgan fingerprint density at radius 3 is 2.33 bits per heavy atom. The molecule has 10 heteroatoms. The van der Waals surface area contributed by atoms with Gasteiger partial charge >= 0.3 is 5.97 Å². The quantitative estimate of drug-likeness (QED) is 0.175. The number of benzene rings is 3. The van der Waals surface area contributed by atoms with Crippen LogP contribution in [0.4, 0.5) is 0 Å². The molecular weight excluding hydrogens is 598 g/mol. The number of amides is 2. The van der Waals surface area contributed by atoms with Gasteiger partial charge in [-0.1, -0.05) is 57.9 Å². The molecule has 0 aliphatic rings. The van der Waals surface area contributed by atoms with Crippen LogP contribution in [-0.2, 0) is 22.7 Å². The van der Waals surface area contributed by atoms with E-state index >= 15 is 0 Å². The SMILES string of the molecule is CC(C)(C)NC(=O)C(c1c(C(=O)O)[nH]c2cc(Cl)ccc12)N(C=O)Cc1ccc(OCc2ccc(Br)cc2)cc1. The number of nitrogens with zero attached hydrogens (tertiary/aromatic N) is 1. The van der Waals surface area contributed by atoms with Crippen LogP contribution in [0.1, 0.15) is 54.0 Å². The maximum absolute atomic E-state index is 13.7. The zero-order valence-electron chi connectivity index (χ0n) is 22.2. The molecule has 0 aliphatic carbocycles. The van der Waals surface area contributed by atoms with Crippen LogP contribution in [0.3, 0.4) is 0 Å². The van der Waals surface area contributed by atoms with Gasteiger partial charge in [-0.15, -0.1) is 0 Å². The third-order valence-electron chi connectivity index (χ3n) is 6.11. The van der Waals surface area contributed by atoms with Crippen molar-refractivity contribution in [3.8, 4) is 5.75 Å². The number of carbonyl (C=O) groups is 3. The average molecular weight is 627 g/mol. The van der Waals surface area contributed by atoms with Gasteiger partial charge in [-0.3, -0.25) is 9.59 Å². The predicted molar refractivity (Wildman–Crippen MR) is 157 cm³/mol. The van der Waals surface area contributed by atoms with Crippen LogP contribution < -0.4 is 10.1 Å². The summed E-state index contributed by atoms with van der Waals surface area (Å²) >= 11 is 9.55. The van der Waals surface area contributed by atoms with Crippen molar-refractivity contribution in [2.24, 2.45) is 0 Å². The summed E-state index contributed by atoms with van der Waals surface area (Å²) in [5.41, 5.74) is 1.57. The molecule has 8 nitrogen and oxygen atoms in total. The van der Waals surface area contributed by atoms with Crippen molar-refractivity contribution in [3.05, 3.63) is 98.6 Å². The van der Waals surface area contributed by atoms with Crippen LogP contribution in [0.15, 0.2) is 71.2 Å². The number of aromatic nitrogens is 1. The minimum atomic E-state index is -1.26. The maximum Gasteiger partial charge on any atom is 0.352 e. The summed E-state index contributed by atoms with van der Waals surface area (Å²) in [6.45, 7) is 5.89. The zero-order valence-corrected chi connectivity index (χ0v) is 24.5. The Hall–Kier alpha value is -3.82. The minimum absolute atomic E-state index is 0.0536. The third kappa shape index (κ3) is 7.03. The van der Waals surface area contributed by atoms with Crippen molar-refractivity contribution in [1.29, 1.82) is 0 Å². The van der Waals surface area contributed by atoms with Crippen molar-refractivity contribution < 1.29 is 24.2 Å². The number of aromatic carboxylic acids is 1. The largest absolute Gasteiger partial charge is 0.489 e. The van der Waals surface area contributed by atoms with Crippen molar-refractivity contribution in [2.45, 2.75) is 45.5 Å². The molecule has 1 unspecified atom stereocenters. The van der Waals surface area contributed by atoms with E-state index in [0.29, 0.717) is 34.7 Å². The lowest BCUT2D eigenvalue weighted by atomic mass is 9.98. The van der Waals surface area contributed by atoms with Crippen LogP contribution in [0.25, 0.3) is 10.9 Å². The lowest BCUT2D eigenvalue weighted by Crippen LogP contribution is -2.47. The molecule has 4 aromatic rings. The normalized spacial score (nSPS) is 12.1. The van der Waals surface area contributed by atoms with Gasteiger partial charge in [0.25, 0.3) is 0 Å². The summed E-state index contributed by atoms with van der Waals surface area (Å²) < 4.78 is 6.86. The molecule has 0 aliphatic heterocycles. The number of hydrogen-bond donors (Lipinski definition) is 3. The molecule has 0 radical (unpaired) electrons. The Balaban J connectivity index is 1.65. The van der Waals surface area contributed by atoms with Gasteiger partial charge in [0.15, 0.2) is 0 Å². The molecule has 2 amide bonds. The standard InChI is InChI=1S/C30H29BrClN3O5/c1-30(2,3)34-28(37)27(25-23-13-10-21(32)14-24(23)33-26(25)29(38)39)35(17-36)15-18-6-11-22(12-7-18)40-16-19-4-8-20(31)9-5-19/h4-14,17,27,33H,15-16H2,1-3H3,(H,34,37)(H,38,39). The summed E-state index contributed by atoms with van der Waals surface area (Å²) in [6.07, 6.45) is 0.561. The first kappa shape index (κ1) is 29.2. The number of hydrogen-bond acceptors (Lipinski definition) is 4.